The van der Waals surface area contributed by atoms with E-state index in [1.807, 2.05) is 30.1 Å². The molecule has 0 bridgehead atoms. The smallest absolute Gasteiger partial charge is 0.226 e. The Balaban J connectivity index is 1.55. The summed E-state index contributed by atoms with van der Waals surface area (Å²) in [4.78, 5) is 21.3. The minimum absolute atomic E-state index is 0.244. The van der Waals surface area contributed by atoms with Gasteiger partial charge in [-0.1, -0.05) is 13.0 Å². The van der Waals surface area contributed by atoms with Crippen LogP contribution in [0.4, 0.5) is 0 Å². The van der Waals surface area contributed by atoms with Crippen molar-refractivity contribution in [3.63, 3.8) is 0 Å². The summed E-state index contributed by atoms with van der Waals surface area (Å²) in [6.07, 6.45) is 5.26. The van der Waals surface area contributed by atoms with E-state index in [1.54, 1.807) is 6.20 Å². The molecule has 0 unspecified atom stereocenters. The van der Waals surface area contributed by atoms with Gasteiger partial charge in [-0.3, -0.25) is 9.78 Å². The maximum atomic E-state index is 12.6. The van der Waals surface area contributed by atoms with Gasteiger partial charge in [0, 0.05) is 25.7 Å². The normalized spacial score (nSPS) is 28.0. The predicted octanol–water partition coefficient (Wildman–Crippen LogP) is 2.16. The molecule has 1 saturated heterocycles. The first-order valence-electron chi connectivity index (χ1n) is 8.02. The number of amides is 1. The summed E-state index contributed by atoms with van der Waals surface area (Å²) in [6, 6.07) is 5.85. The summed E-state index contributed by atoms with van der Waals surface area (Å²) >= 11 is 0. The topological polar surface area (TPSA) is 36.4 Å². The van der Waals surface area contributed by atoms with Gasteiger partial charge in [0.05, 0.1) is 12.2 Å². The first kappa shape index (κ1) is 14.5. The lowest BCUT2D eigenvalue weighted by molar-refractivity contribution is -0.132. The van der Waals surface area contributed by atoms with Crippen LogP contribution < -0.4 is 0 Å². The van der Waals surface area contributed by atoms with Gasteiger partial charge in [-0.2, -0.15) is 0 Å². The Morgan fingerprint density at radius 1 is 1.52 bits per heavy atom. The van der Waals surface area contributed by atoms with Crippen molar-refractivity contribution in [1.82, 2.24) is 14.8 Å². The second-order valence-corrected chi connectivity index (χ2v) is 6.66. The first-order valence-corrected chi connectivity index (χ1v) is 8.02. The fourth-order valence-corrected chi connectivity index (χ4v) is 3.72. The van der Waals surface area contributed by atoms with Crippen LogP contribution in [-0.2, 0) is 11.3 Å². The Hall–Kier alpha value is -1.42. The molecular formula is C17H25N3O. The molecule has 1 aromatic rings. The lowest BCUT2D eigenvalue weighted by Crippen LogP contribution is -2.31. The Bertz CT molecular complexity index is 504. The monoisotopic (exact) mass is 287 g/mol. The number of aromatic nitrogens is 1. The summed E-state index contributed by atoms with van der Waals surface area (Å²) in [5.74, 6) is 0.548. The third-order valence-electron chi connectivity index (χ3n) is 4.99. The van der Waals surface area contributed by atoms with Crippen LogP contribution in [0.25, 0.3) is 0 Å². The summed E-state index contributed by atoms with van der Waals surface area (Å²) in [5, 5.41) is 0. The van der Waals surface area contributed by atoms with Gasteiger partial charge in [0.1, 0.15) is 0 Å². The van der Waals surface area contributed by atoms with Crippen molar-refractivity contribution in [3.8, 4) is 0 Å². The Morgan fingerprint density at radius 2 is 2.38 bits per heavy atom. The third-order valence-corrected chi connectivity index (χ3v) is 4.99. The van der Waals surface area contributed by atoms with Crippen molar-refractivity contribution in [3.05, 3.63) is 30.1 Å². The van der Waals surface area contributed by atoms with Gasteiger partial charge in [-0.15, -0.1) is 0 Å². The molecule has 1 spiro atoms. The van der Waals surface area contributed by atoms with E-state index < -0.39 is 0 Å². The Morgan fingerprint density at radius 3 is 3.10 bits per heavy atom. The van der Waals surface area contributed by atoms with Crippen LogP contribution in [-0.4, -0.2) is 47.4 Å². The first-order chi connectivity index (χ1) is 10.1. The zero-order chi connectivity index (χ0) is 14.9. The summed E-state index contributed by atoms with van der Waals surface area (Å²) in [6.45, 7) is 6.30. The molecule has 1 saturated carbocycles. The van der Waals surface area contributed by atoms with Gasteiger partial charge in [-0.05, 0) is 49.9 Å². The van der Waals surface area contributed by atoms with Crippen molar-refractivity contribution in [1.29, 1.82) is 0 Å². The maximum Gasteiger partial charge on any atom is 0.226 e. The van der Waals surface area contributed by atoms with E-state index >= 15 is 0 Å². The minimum Gasteiger partial charge on any atom is -0.340 e. The standard InChI is InChI=1S/C17H25N3O/c1-3-9-20-10-7-17(13-20)11-15(17)16(21)19(2)12-14-6-4-5-8-18-14/h4-6,8,15H,3,7,9-13H2,1-2H3/t15-,17-/m0/s1. The molecular weight excluding hydrogens is 262 g/mol. The van der Waals surface area contributed by atoms with Gasteiger partial charge in [0.2, 0.25) is 5.91 Å². The van der Waals surface area contributed by atoms with Crippen LogP contribution in [0, 0.1) is 11.3 Å². The second kappa shape index (κ2) is 5.76. The number of hydrogen-bond donors (Lipinski definition) is 0. The number of carbonyl (C=O) groups excluding carboxylic acids is 1. The molecule has 4 nitrogen and oxygen atoms in total. The van der Waals surface area contributed by atoms with E-state index in [2.05, 4.69) is 16.8 Å². The molecule has 4 heteroatoms. The second-order valence-electron chi connectivity index (χ2n) is 6.66. The lowest BCUT2D eigenvalue weighted by atomic mass is 10.0. The van der Waals surface area contributed by atoms with Crippen LogP contribution in [0.2, 0.25) is 0 Å². The van der Waals surface area contributed by atoms with Gasteiger partial charge < -0.3 is 9.80 Å². The van der Waals surface area contributed by atoms with E-state index in [-0.39, 0.29) is 5.92 Å². The minimum atomic E-state index is 0.244. The molecule has 0 aromatic carbocycles. The van der Waals surface area contributed by atoms with E-state index in [0.29, 0.717) is 17.9 Å². The fourth-order valence-electron chi connectivity index (χ4n) is 3.72. The van der Waals surface area contributed by atoms with Crippen LogP contribution in [0.5, 0.6) is 0 Å². The van der Waals surface area contributed by atoms with E-state index in [9.17, 15) is 4.79 Å². The van der Waals surface area contributed by atoms with E-state index in [0.717, 1.165) is 18.7 Å². The van der Waals surface area contributed by atoms with E-state index in [1.165, 1.54) is 25.9 Å². The molecule has 1 aliphatic heterocycles. The molecule has 2 aliphatic rings. The number of pyridine rings is 1. The highest BCUT2D eigenvalue weighted by molar-refractivity contribution is 5.82. The lowest BCUT2D eigenvalue weighted by Gasteiger charge is -2.19. The van der Waals surface area contributed by atoms with Gasteiger partial charge in [0.15, 0.2) is 0 Å². The summed E-state index contributed by atoms with van der Waals surface area (Å²) in [7, 11) is 1.90. The highest BCUT2D eigenvalue weighted by Gasteiger charge is 2.60. The van der Waals surface area contributed by atoms with Crippen LogP contribution in [0.1, 0.15) is 31.9 Å². The van der Waals surface area contributed by atoms with Crippen molar-refractivity contribution < 1.29 is 4.79 Å². The number of nitrogens with zero attached hydrogens (tertiary/aromatic N) is 3. The molecule has 2 fully saturated rings. The highest BCUT2D eigenvalue weighted by Crippen LogP contribution is 2.59. The number of rotatable bonds is 5. The van der Waals surface area contributed by atoms with Gasteiger partial charge >= 0.3 is 0 Å². The molecule has 0 N–H and O–H groups in total. The average molecular weight is 287 g/mol. The number of carbonyl (C=O) groups is 1. The third kappa shape index (κ3) is 2.95. The maximum absolute atomic E-state index is 12.6. The molecule has 1 aliphatic carbocycles. The number of hydrogen-bond acceptors (Lipinski definition) is 3. The largest absolute Gasteiger partial charge is 0.340 e. The zero-order valence-corrected chi connectivity index (χ0v) is 13.1. The molecule has 0 radical (unpaired) electrons. The summed E-state index contributed by atoms with van der Waals surface area (Å²) < 4.78 is 0. The Labute approximate surface area is 127 Å². The van der Waals surface area contributed by atoms with Crippen LogP contribution in [0.15, 0.2) is 24.4 Å². The Kier molecular flexibility index (Phi) is 3.98. The molecule has 3 rings (SSSR count). The molecule has 1 amide bonds. The quantitative estimate of drug-likeness (QED) is 0.832. The predicted molar refractivity (Wildman–Crippen MR) is 82.6 cm³/mol. The van der Waals surface area contributed by atoms with Crippen molar-refractivity contribution >= 4 is 5.91 Å². The molecule has 1 aromatic heterocycles. The van der Waals surface area contributed by atoms with Crippen LogP contribution in [0.3, 0.4) is 0 Å². The zero-order valence-electron chi connectivity index (χ0n) is 13.1. The SMILES string of the molecule is CCCN1CC[C@]2(C[C@H]2C(=O)N(C)Cc2ccccn2)C1. The van der Waals surface area contributed by atoms with Crippen molar-refractivity contribution in [2.45, 2.75) is 32.7 Å². The summed E-state index contributed by atoms with van der Waals surface area (Å²) in [5.41, 5.74) is 1.26. The molecule has 2 heterocycles. The van der Waals surface area contributed by atoms with Gasteiger partial charge in [0.25, 0.3) is 0 Å². The molecule has 21 heavy (non-hydrogen) atoms. The molecule has 114 valence electrons. The van der Waals surface area contributed by atoms with E-state index in [4.69, 9.17) is 0 Å². The van der Waals surface area contributed by atoms with Crippen molar-refractivity contribution in [2.24, 2.45) is 11.3 Å². The van der Waals surface area contributed by atoms with Gasteiger partial charge in [-0.25, -0.2) is 0 Å². The highest BCUT2D eigenvalue weighted by atomic mass is 16.2. The van der Waals surface area contributed by atoms with Crippen LogP contribution >= 0.6 is 0 Å². The number of likely N-dealkylation sites (tertiary alicyclic amines) is 1. The molecule has 2 atom stereocenters. The van der Waals surface area contributed by atoms with Crippen molar-refractivity contribution in [2.75, 3.05) is 26.7 Å². The average Bonchev–Trinajstić information content (AvgIpc) is 3.04. The fraction of sp³-hybridized carbons (Fsp3) is 0.647.